The monoisotopic (exact) mass is 504 g/mol. The zero-order valence-electron chi connectivity index (χ0n) is 22.4. The number of rotatable bonds is 3. The quantitative estimate of drug-likeness (QED) is 0.167. The Morgan fingerprint density at radius 2 is 1.18 bits per heavy atom. The molecule has 0 aliphatic carbocycles. The molecular weight excluding hydrogens is 475 g/mol. The van der Waals surface area contributed by atoms with Crippen molar-refractivity contribution >= 4 is 44.5 Å². The van der Waals surface area contributed by atoms with Crippen LogP contribution in [0.5, 0.6) is 0 Å². The van der Waals surface area contributed by atoms with E-state index in [0.717, 1.165) is 48.7 Å². The first-order valence-corrected chi connectivity index (χ1v) is 13.3. The highest BCUT2D eigenvalue weighted by Gasteiger charge is 2.20. The number of halogens is 1. The Balaban J connectivity index is 1.79. The summed E-state index contributed by atoms with van der Waals surface area (Å²) >= 11 is 0. The summed E-state index contributed by atoms with van der Waals surface area (Å²) in [6.07, 6.45) is 9.87. The minimum absolute atomic E-state index is 0.674. The van der Waals surface area contributed by atoms with E-state index in [1.807, 2.05) is 30.3 Å². The second kappa shape index (κ2) is 9.57. The zero-order chi connectivity index (χ0) is 27.1. The van der Waals surface area contributed by atoms with E-state index in [9.17, 15) is 4.39 Å². The van der Waals surface area contributed by atoms with Gasteiger partial charge in [-0.3, -0.25) is 0 Å². The molecule has 188 valence electrons. The third-order valence-corrected chi connectivity index (χ3v) is 7.71. The van der Waals surface area contributed by atoms with Gasteiger partial charge in [-0.15, -0.1) is 6.42 Å². The number of terminal acetylenes is 1. The van der Waals surface area contributed by atoms with Gasteiger partial charge >= 0.3 is 0 Å². The maximum Gasteiger partial charge on any atom is 0.130 e. The summed E-state index contributed by atoms with van der Waals surface area (Å²) in [6.45, 7) is 5.27. The van der Waals surface area contributed by atoms with E-state index < -0.39 is 5.67 Å². The summed E-state index contributed by atoms with van der Waals surface area (Å²) in [5.41, 5.74) is 3.87. The van der Waals surface area contributed by atoms with Crippen molar-refractivity contribution in [3.8, 4) is 34.6 Å². The van der Waals surface area contributed by atoms with Crippen LogP contribution in [0.3, 0.4) is 0 Å². The standard InChI is InChI=1S/C38H29F/c1-5-13-30-28(6-2)35(24-26-14-7-8-15-29(26)30)37-33-18-11-9-16-31(33)36(32-17-10-12-19-34(32)37)25-20-22-27(23-21-25)38(3,4)39/h1,6-24H,2-4H3/b28-6+,30-13+. The largest absolute Gasteiger partial charge is 0.239 e. The Hall–Kier alpha value is -4.67. The molecule has 0 aliphatic rings. The molecule has 0 unspecified atom stereocenters. The Morgan fingerprint density at radius 3 is 1.69 bits per heavy atom. The van der Waals surface area contributed by atoms with E-state index >= 15 is 0 Å². The van der Waals surface area contributed by atoms with Crippen molar-refractivity contribution in [2.24, 2.45) is 0 Å². The van der Waals surface area contributed by atoms with Crippen molar-refractivity contribution < 1.29 is 4.39 Å². The lowest BCUT2D eigenvalue weighted by Crippen LogP contribution is -2.27. The molecule has 6 aromatic rings. The molecule has 0 nitrogen and oxygen atoms in total. The van der Waals surface area contributed by atoms with Gasteiger partial charge in [-0.2, -0.15) is 0 Å². The van der Waals surface area contributed by atoms with Crippen LogP contribution in [0.25, 0.3) is 66.7 Å². The lowest BCUT2D eigenvalue weighted by molar-refractivity contribution is 0.221. The van der Waals surface area contributed by atoms with E-state index in [1.165, 1.54) is 16.3 Å². The Labute approximate surface area is 228 Å². The van der Waals surface area contributed by atoms with E-state index in [2.05, 4.69) is 97.8 Å². The fraction of sp³-hybridized carbons (Fsp3) is 0.105. The predicted octanol–water partition coefficient (Wildman–Crippen LogP) is 8.90. The van der Waals surface area contributed by atoms with Gasteiger partial charge in [0.05, 0.1) is 0 Å². The number of benzene rings is 6. The van der Waals surface area contributed by atoms with Crippen LogP contribution in [-0.4, -0.2) is 0 Å². The molecule has 0 fully saturated rings. The Bertz CT molecular complexity index is 1990. The van der Waals surface area contributed by atoms with Crippen molar-refractivity contribution in [2.75, 3.05) is 0 Å². The molecule has 0 amide bonds. The second-order valence-electron chi connectivity index (χ2n) is 10.5. The summed E-state index contributed by atoms with van der Waals surface area (Å²) in [5.74, 6) is 2.78. The third-order valence-electron chi connectivity index (χ3n) is 7.71. The van der Waals surface area contributed by atoms with Crippen molar-refractivity contribution in [3.63, 3.8) is 0 Å². The average Bonchev–Trinajstić information content (AvgIpc) is 2.95. The van der Waals surface area contributed by atoms with Gasteiger partial charge in [-0.05, 0) is 103 Å². The summed E-state index contributed by atoms with van der Waals surface area (Å²) in [7, 11) is 0. The van der Waals surface area contributed by atoms with Gasteiger partial charge in [0.15, 0.2) is 0 Å². The fourth-order valence-corrected chi connectivity index (χ4v) is 5.91. The lowest BCUT2D eigenvalue weighted by atomic mass is 9.84. The molecule has 6 aromatic carbocycles. The molecule has 0 N–H and O–H groups in total. The SMILES string of the molecule is C#C/C=c1\c(=C/C)c(-c2c3ccccc3c(-c3ccc(C(C)(C)F)cc3)c3ccccc23)cc2ccccc12. The highest BCUT2D eigenvalue weighted by molar-refractivity contribution is 6.21. The van der Waals surface area contributed by atoms with Crippen LogP contribution in [0.2, 0.25) is 0 Å². The minimum atomic E-state index is -1.39. The summed E-state index contributed by atoms with van der Waals surface area (Å²) in [4.78, 5) is 0. The number of hydrogen-bond acceptors (Lipinski definition) is 0. The first kappa shape index (κ1) is 24.7. The van der Waals surface area contributed by atoms with E-state index in [4.69, 9.17) is 6.42 Å². The van der Waals surface area contributed by atoms with Crippen LogP contribution >= 0.6 is 0 Å². The fourth-order valence-electron chi connectivity index (χ4n) is 5.91. The number of alkyl halides is 1. The normalized spacial score (nSPS) is 12.9. The minimum Gasteiger partial charge on any atom is -0.239 e. The van der Waals surface area contributed by atoms with Crippen molar-refractivity contribution in [3.05, 3.63) is 119 Å². The molecule has 39 heavy (non-hydrogen) atoms. The lowest BCUT2D eigenvalue weighted by Gasteiger charge is -2.20. The van der Waals surface area contributed by atoms with Gasteiger partial charge < -0.3 is 0 Å². The topological polar surface area (TPSA) is 0 Å². The van der Waals surface area contributed by atoms with E-state index in [1.54, 1.807) is 13.8 Å². The highest BCUT2D eigenvalue weighted by Crippen LogP contribution is 2.43. The van der Waals surface area contributed by atoms with Crippen LogP contribution in [0.1, 0.15) is 26.3 Å². The van der Waals surface area contributed by atoms with Gasteiger partial charge in [0.25, 0.3) is 0 Å². The molecule has 1 heteroatoms. The molecule has 0 heterocycles. The first-order chi connectivity index (χ1) is 18.9. The zero-order valence-corrected chi connectivity index (χ0v) is 22.4. The highest BCUT2D eigenvalue weighted by atomic mass is 19.1. The Kier molecular flexibility index (Phi) is 6.05. The third kappa shape index (κ3) is 4.10. The summed E-state index contributed by atoms with van der Waals surface area (Å²) in [6, 6.07) is 35.8. The van der Waals surface area contributed by atoms with Crippen molar-refractivity contribution in [1.29, 1.82) is 0 Å². The summed E-state index contributed by atoms with van der Waals surface area (Å²) < 4.78 is 14.7. The molecule has 0 aromatic heterocycles. The predicted molar refractivity (Wildman–Crippen MR) is 167 cm³/mol. The van der Waals surface area contributed by atoms with Gasteiger partial charge in [-0.1, -0.05) is 109 Å². The average molecular weight is 505 g/mol. The van der Waals surface area contributed by atoms with Crippen molar-refractivity contribution in [2.45, 2.75) is 26.4 Å². The van der Waals surface area contributed by atoms with E-state index in [0.29, 0.717) is 5.56 Å². The van der Waals surface area contributed by atoms with E-state index in [-0.39, 0.29) is 0 Å². The van der Waals surface area contributed by atoms with Crippen LogP contribution in [0, 0.1) is 12.3 Å². The van der Waals surface area contributed by atoms with Crippen LogP contribution in [0.15, 0.2) is 103 Å². The molecule has 0 atom stereocenters. The molecule has 0 saturated carbocycles. The second-order valence-corrected chi connectivity index (χ2v) is 10.5. The number of hydrogen-bond donors (Lipinski definition) is 0. The molecule has 0 aliphatic heterocycles. The molecule has 0 spiro atoms. The van der Waals surface area contributed by atoms with Crippen molar-refractivity contribution in [1.82, 2.24) is 0 Å². The maximum absolute atomic E-state index is 14.7. The maximum atomic E-state index is 14.7. The summed E-state index contributed by atoms with van der Waals surface area (Å²) in [5, 5.41) is 9.17. The molecule has 0 bridgehead atoms. The van der Waals surface area contributed by atoms with Gasteiger partial charge in [-0.25, -0.2) is 4.39 Å². The van der Waals surface area contributed by atoms with Gasteiger partial charge in [0.1, 0.15) is 5.67 Å². The number of fused-ring (bicyclic) bond motifs is 3. The van der Waals surface area contributed by atoms with Gasteiger partial charge in [0.2, 0.25) is 0 Å². The molecule has 0 radical (unpaired) electrons. The smallest absolute Gasteiger partial charge is 0.130 e. The van der Waals surface area contributed by atoms with Crippen LogP contribution < -0.4 is 10.4 Å². The Morgan fingerprint density at radius 1 is 0.667 bits per heavy atom. The molecular formula is C38H29F. The molecule has 6 rings (SSSR count). The first-order valence-electron chi connectivity index (χ1n) is 13.3. The van der Waals surface area contributed by atoms with Gasteiger partial charge in [0, 0.05) is 0 Å². The van der Waals surface area contributed by atoms with Crippen LogP contribution in [0.4, 0.5) is 4.39 Å². The van der Waals surface area contributed by atoms with Crippen LogP contribution in [-0.2, 0) is 5.67 Å². The molecule has 0 saturated heterocycles.